The third kappa shape index (κ3) is 1.70. The summed E-state index contributed by atoms with van der Waals surface area (Å²) in [6, 6.07) is 2.64. The van der Waals surface area contributed by atoms with Crippen LogP contribution in [0, 0.1) is 6.92 Å². The standard InChI is InChI=1S/C13H19N3/c1-8(2)11-6-12-13(14-7-11)15-10(5)16(12)9(3)4/h6-9H,1-5H3. The van der Waals surface area contributed by atoms with Crippen LogP contribution in [0.2, 0.25) is 0 Å². The van der Waals surface area contributed by atoms with Gasteiger partial charge in [0.05, 0.1) is 5.52 Å². The Morgan fingerprint density at radius 3 is 2.44 bits per heavy atom. The largest absolute Gasteiger partial charge is 0.324 e. The van der Waals surface area contributed by atoms with Crippen LogP contribution in [0.15, 0.2) is 12.3 Å². The van der Waals surface area contributed by atoms with E-state index in [1.54, 1.807) is 0 Å². The summed E-state index contributed by atoms with van der Waals surface area (Å²) in [6.07, 6.45) is 1.93. The van der Waals surface area contributed by atoms with Crippen molar-refractivity contribution in [2.45, 2.75) is 46.6 Å². The second-order valence-electron chi connectivity index (χ2n) is 4.89. The maximum Gasteiger partial charge on any atom is 0.177 e. The van der Waals surface area contributed by atoms with Gasteiger partial charge in [0.25, 0.3) is 0 Å². The lowest BCUT2D eigenvalue weighted by Crippen LogP contribution is -2.03. The van der Waals surface area contributed by atoms with Gasteiger partial charge in [0, 0.05) is 12.2 Å². The Labute approximate surface area is 96.5 Å². The number of rotatable bonds is 2. The van der Waals surface area contributed by atoms with Gasteiger partial charge in [0.1, 0.15) is 5.82 Å². The molecule has 0 radical (unpaired) electrons. The van der Waals surface area contributed by atoms with Gasteiger partial charge in [-0.15, -0.1) is 0 Å². The number of hydrogen-bond acceptors (Lipinski definition) is 2. The molecule has 3 heteroatoms. The van der Waals surface area contributed by atoms with Crippen molar-refractivity contribution in [3.05, 3.63) is 23.7 Å². The summed E-state index contributed by atoms with van der Waals surface area (Å²) in [5.74, 6) is 1.55. The number of fused-ring (bicyclic) bond motifs is 1. The minimum atomic E-state index is 0.425. The van der Waals surface area contributed by atoms with E-state index >= 15 is 0 Å². The average molecular weight is 217 g/mol. The summed E-state index contributed by atoms with van der Waals surface area (Å²) in [5.41, 5.74) is 3.28. The summed E-state index contributed by atoms with van der Waals surface area (Å²) < 4.78 is 2.24. The molecule has 0 saturated heterocycles. The van der Waals surface area contributed by atoms with Crippen molar-refractivity contribution in [1.82, 2.24) is 14.5 Å². The second-order valence-corrected chi connectivity index (χ2v) is 4.89. The summed E-state index contributed by atoms with van der Waals surface area (Å²) >= 11 is 0. The first-order chi connectivity index (χ1) is 7.50. The lowest BCUT2D eigenvalue weighted by Gasteiger charge is -2.11. The van der Waals surface area contributed by atoms with Crippen LogP contribution in [0.5, 0.6) is 0 Å². The first-order valence-corrected chi connectivity index (χ1v) is 5.85. The van der Waals surface area contributed by atoms with Crippen LogP contribution >= 0.6 is 0 Å². The second kappa shape index (κ2) is 3.89. The monoisotopic (exact) mass is 217 g/mol. The summed E-state index contributed by atoms with van der Waals surface area (Å²) in [4.78, 5) is 8.92. The Morgan fingerprint density at radius 1 is 1.19 bits per heavy atom. The van der Waals surface area contributed by atoms with Crippen molar-refractivity contribution in [2.75, 3.05) is 0 Å². The van der Waals surface area contributed by atoms with E-state index in [2.05, 4.69) is 48.3 Å². The molecule has 2 rings (SSSR count). The van der Waals surface area contributed by atoms with Gasteiger partial charge in [-0.2, -0.15) is 0 Å². The molecule has 0 amide bonds. The van der Waals surface area contributed by atoms with Gasteiger partial charge in [-0.1, -0.05) is 13.8 Å². The molecule has 0 aliphatic heterocycles. The zero-order valence-corrected chi connectivity index (χ0v) is 10.7. The van der Waals surface area contributed by atoms with Gasteiger partial charge < -0.3 is 4.57 Å². The Bertz CT molecular complexity index is 509. The van der Waals surface area contributed by atoms with Gasteiger partial charge >= 0.3 is 0 Å². The Morgan fingerprint density at radius 2 is 1.88 bits per heavy atom. The Hall–Kier alpha value is -1.38. The summed E-state index contributed by atoms with van der Waals surface area (Å²) in [6.45, 7) is 10.8. The lowest BCUT2D eigenvalue weighted by atomic mass is 10.1. The molecule has 0 unspecified atom stereocenters. The molecular weight excluding hydrogens is 198 g/mol. The van der Waals surface area contributed by atoms with Crippen LogP contribution in [-0.2, 0) is 0 Å². The number of hydrogen-bond donors (Lipinski definition) is 0. The van der Waals surface area contributed by atoms with Crippen molar-refractivity contribution in [3.63, 3.8) is 0 Å². The first-order valence-electron chi connectivity index (χ1n) is 5.85. The van der Waals surface area contributed by atoms with Crippen LogP contribution in [0.1, 0.15) is 51.0 Å². The number of aromatic nitrogens is 3. The highest BCUT2D eigenvalue weighted by atomic mass is 15.1. The normalized spacial score (nSPS) is 11.9. The quantitative estimate of drug-likeness (QED) is 0.771. The van der Waals surface area contributed by atoms with E-state index in [4.69, 9.17) is 0 Å². The minimum absolute atomic E-state index is 0.425. The molecule has 2 aromatic heterocycles. The molecule has 0 aliphatic carbocycles. The highest BCUT2D eigenvalue weighted by Gasteiger charge is 2.12. The highest BCUT2D eigenvalue weighted by Crippen LogP contribution is 2.23. The summed E-state index contributed by atoms with van der Waals surface area (Å²) in [7, 11) is 0. The van der Waals surface area contributed by atoms with E-state index in [9.17, 15) is 0 Å². The predicted octanol–water partition coefficient (Wildman–Crippen LogP) is 3.44. The zero-order chi connectivity index (χ0) is 11.9. The number of imidazole rings is 1. The molecule has 0 saturated carbocycles. The molecule has 86 valence electrons. The van der Waals surface area contributed by atoms with Crippen LogP contribution in [0.4, 0.5) is 0 Å². The molecule has 0 bridgehead atoms. The van der Waals surface area contributed by atoms with Crippen molar-refractivity contribution >= 4 is 11.2 Å². The highest BCUT2D eigenvalue weighted by molar-refractivity contribution is 5.72. The van der Waals surface area contributed by atoms with Crippen LogP contribution in [-0.4, -0.2) is 14.5 Å². The molecule has 0 aliphatic rings. The SMILES string of the molecule is Cc1nc2ncc(C(C)C)cc2n1C(C)C. The van der Waals surface area contributed by atoms with Crippen molar-refractivity contribution < 1.29 is 0 Å². The molecule has 0 aromatic carbocycles. The Kier molecular flexibility index (Phi) is 2.70. The first kappa shape index (κ1) is 11.1. The predicted molar refractivity (Wildman–Crippen MR) is 66.7 cm³/mol. The van der Waals surface area contributed by atoms with Crippen LogP contribution in [0.3, 0.4) is 0 Å². The smallest absolute Gasteiger partial charge is 0.177 e. The molecule has 2 aromatic rings. The van der Waals surface area contributed by atoms with E-state index in [1.165, 1.54) is 5.56 Å². The fraction of sp³-hybridized carbons (Fsp3) is 0.538. The van der Waals surface area contributed by atoms with Crippen molar-refractivity contribution in [1.29, 1.82) is 0 Å². The number of aryl methyl sites for hydroxylation is 1. The maximum atomic E-state index is 4.49. The minimum Gasteiger partial charge on any atom is -0.324 e. The summed E-state index contributed by atoms with van der Waals surface area (Å²) in [5, 5.41) is 0. The van der Waals surface area contributed by atoms with Crippen LogP contribution in [0.25, 0.3) is 11.2 Å². The molecule has 0 fully saturated rings. The molecule has 16 heavy (non-hydrogen) atoms. The van der Waals surface area contributed by atoms with E-state index in [0.717, 1.165) is 17.0 Å². The Balaban J connectivity index is 2.69. The molecule has 3 nitrogen and oxygen atoms in total. The lowest BCUT2D eigenvalue weighted by molar-refractivity contribution is 0.599. The average Bonchev–Trinajstić information content (AvgIpc) is 2.51. The molecule has 0 spiro atoms. The molecule has 2 heterocycles. The number of nitrogens with zero attached hydrogens (tertiary/aromatic N) is 3. The van der Waals surface area contributed by atoms with Crippen LogP contribution < -0.4 is 0 Å². The number of pyridine rings is 1. The van der Waals surface area contributed by atoms with E-state index in [0.29, 0.717) is 12.0 Å². The maximum absolute atomic E-state index is 4.49. The van der Waals surface area contributed by atoms with Gasteiger partial charge in [-0.05, 0) is 38.3 Å². The van der Waals surface area contributed by atoms with E-state index in [1.807, 2.05) is 13.1 Å². The van der Waals surface area contributed by atoms with Crippen molar-refractivity contribution in [3.8, 4) is 0 Å². The fourth-order valence-electron chi connectivity index (χ4n) is 2.07. The van der Waals surface area contributed by atoms with Gasteiger partial charge in [-0.3, -0.25) is 0 Å². The van der Waals surface area contributed by atoms with Crippen molar-refractivity contribution in [2.24, 2.45) is 0 Å². The van der Waals surface area contributed by atoms with E-state index in [-0.39, 0.29) is 0 Å². The van der Waals surface area contributed by atoms with Gasteiger partial charge in [0.2, 0.25) is 0 Å². The molecule has 0 atom stereocenters. The molecular formula is C13H19N3. The molecule has 0 N–H and O–H groups in total. The van der Waals surface area contributed by atoms with Gasteiger partial charge in [-0.25, -0.2) is 9.97 Å². The van der Waals surface area contributed by atoms with E-state index < -0.39 is 0 Å². The topological polar surface area (TPSA) is 30.7 Å². The zero-order valence-electron chi connectivity index (χ0n) is 10.7. The third-order valence-corrected chi connectivity index (χ3v) is 2.93. The fourth-order valence-corrected chi connectivity index (χ4v) is 2.07. The van der Waals surface area contributed by atoms with Gasteiger partial charge in [0.15, 0.2) is 5.65 Å². The third-order valence-electron chi connectivity index (χ3n) is 2.93.